The van der Waals surface area contributed by atoms with Crippen LogP contribution in [0.3, 0.4) is 0 Å². The maximum absolute atomic E-state index is 12.1. The molecule has 0 heterocycles. The Morgan fingerprint density at radius 3 is 2.84 bits per heavy atom. The zero-order valence-electron chi connectivity index (χ0n) is 10.9. The van der Waals surface area contributed by atoms with Crippen molar-refractivity contribution in [3.8, 4) is 5.75 Å². The van der Waals surface area contributed by atoms with Crippen LogP contribution >= 0.6 is 0 Å². The van der Waals surface area contributed by atoms with Crippen molar-refractivity contribution in [3.63, 3.8) is 0 Å². The minimum Gasteiger partial charge on any atom is -0.497 e. The maximum atomic E-state index is 12.1. The number of benzene rings is 1. The molecule has 0 amide bonds. The summed E-state index contributed by atoms with van der Waals surface area (Å²) >= 11 is 0. The monoisotopic (exact) mass is 285 g/mol. The van der Waals surface area contributed by atoms with E-state index in [-0.39, 0.29) is 17.4 Å². The molecule has 5 nitrogen and oxygen atoms in total. The van der Waals surface area contributed by atoms with Crippen LogP contribution in [0.5, 0.6) is 5.75 Å². The van der Waals surface area contributed by atoms with Crippen LogP contribution in [0.4, 0.5) is 0 Å². The minimum atomic E-state index is -3.54. The molecule has 0 bridgehead atoms. The van der Waals surface area contributed by atoms with Gasteiger partial charge in [-0.2, -0.15) is 0 Å². The first-order valence-electron chi connectivity index (χ1n) is 6.35. The molecule has 2 unspecified atom stereocenters. The van der Waals surface area contributed by atoms with Crippen molar-refractivity contribution in [1.82, 2.24) is 4.72 Å². The summed E-state index contributed by atoms with van der Waals surface area (Å²) in [6.45, 7) is 0.278. The highest BCUT2D eigenvalue weighted by atomic mass is 32.2. The number of aliphatic hydroxyl groups is 1. The quantitative estimate of drug-likeness (QED) is 0.850. The Hall–Kier alpha value is -1.11. The fourth-order valence-electron chi connectivity index (χ4n) is 2.32. The van der Waals surface area contributed by atoms with Crippen LogP contribution in [-0.4, -0.2) is 33.3 Å². The summed E-state index contributed by atoms with van der Waals surface area (Å²) in [5.74, 6) is 0.518. The Labute approximate surface area is 113 Å². The first-order valence-corrected chi connectivity index (χ1v) is 7.83. The van der Waals surface area contributed by atoms with Crippen LogP contribution in [0.25, 0.3) is 0 Å². The maximum Gasteiger partial charge on any atom is 0.240 e. The van der Waals surface area contributed by atoms with E-state index in [1.54, 1.807) is 12.1 Å². The number of rotatable bonds is 5. The Morgan fingerprint density at radius 2 is 2.21 bits per heavy atom. The van der Waals surface area contributed by atoms with Gasteiger partial charge < -0.3 is 9.84 Å². The summed E-state index contributed by atoms with van der Waals surface area (Å²) in [4.78, 5) is 0.180. The number of methoxy groups -OCH3 is 1. The molecule has 0 aromatic heterocycles. The summed E-state index contributed by atoms with van der Waals surface area (Å²) < 4.78 is 31.8. The Kier molecular flexibility index (Phi) is 4.44. The number of aliphatic hydroxyl groups excluding tert-OH is 1. The van der Waals surface area contributed by atoms with Gasteiger partial charge in [0.25, 0.3) is 0 Å². The van der Waals surface area contributed by atoms with E-state index in [0.717, 1.165) is 19.3 Å². The third-order valence-corrected chi connectivity index (χ3v) is 4.93. The smallest absolute Gasteiger partial charge is 0.240 e. The molecule has 6 heteroatoms. The molecule has 1 aromatic rings. The highest BCUT2D eigenvalue weighted by molar-refractivity contribution is 7.89. The molecule has 19 heavy (non-hydrogen) atoms. The zero-order chi connectivity index (χ0) is 13.9. The van der Waals surface area contributed by atoms with E-state index in [1.807, 2.05) is 0 Å². The summed E-state index contributed by atoms with van der Waals surface area (Å²) in [6.07, 6.45) is 2.17. The van der Waals surface area contributed by atoms with Gasteiger partial charge in [-0.05, 0) is 30.9 Å². The van der Waals surface area contributed by atoms with Crippen molar-refractivity contribution >= 4 is 10.0 Å². The van der Waals surface area contributed by atoms with Crippen molar-refractivity contribution in [2.45, 2.75) is 30.3 Å². The summed E-state index contributed by atoms with van der Waals surface area (Å²) in [6, 6.07) is 6.33. The predicted molar refractivity (Wildman–Crippen MR) is 71.5 cm³/mol. The molecule has 1 aromatic carbocycles. The van der Waals surface area contributed by atoms with E-state index in [0.29, 0.717) is 5.75 Å². The molecule has 2 rings (SSSR count). The highest BCUT2D eigenvalue weighted by Gasteiger charge is 2.26. The molecule has 0 spiro atoms. The molecule has 1 aliphatic rings. The van der Waals surface area contributed by atoms with Crippen molar-refractivity contribution in [3.05, 3.63) is 24.3 Å². The van der Waals surface area contributed by atoms with Gasteiger partial charge in [-0.3, -0.25) is 0 Å². The highest BCUT2D eigenvalue weighted by Crippen LogP contribution is 2.25. The first kappa shape index (κ1) is 14.3. The van der Waals surface area contributed by atoms with Crippen LogP contribution in [0, 0.1) is 5.92 Å². The molecule has 2 N–H and O–H groups in total. The average Bonchev–Trinajstić information content (AvgIpc) is 2.82. The molecular formula is C13H19NO4S. The topological polar surface area (TPSA) is 75.6 Å². The van der Waals surface area contributed by atoms with Gasteiger partial charge in [0.15, 0.2) is 0 Å². The number of hydrogen-bond donors (Lipinski definition) is 2. The van der Waals surface area contributed by atoms with Gasteiger partial charge in [0.1, 0.15) is 5.75 Å². The number of ether oxygens (including phenoxy) is 1. The minimum absolute atomic E-state index is 0.0142. The van der Waals surface area contributed by atoms with Gasteiger partial charge in [0.05, 0.1) is 18.1 Å². The normalized spacial score (nSPS) is 23.5. The van der Waals surface area contributed by atoms with Crippen LogP contribution in [0.15, 0.2) is 29.2 Å². The summed E-state index contributed by atoms with van der Waals surface area (Å²) in [5.41, 5.74) is 0. The fourth-order valence-corrected chi connectivity index (χ4v) is 3.45. The van der Waals surface area contributed by atoms with Crippen LogP contribution < -0.4 is 9.46 Å². The Morgan fingerprint density at radius 1 is 1.42 bits per heavy atom. The van der Waals surface area contributed by atoms with Gasteiger partial charge in [-0.15, -0.1) is 0 Å². The van der Waals surface area contributed by atoms with Gasteiger partial charge in [0, 0.05) is 12.6 Å². The standard InChI is InChI=1S/C13H19NO4S/c1-18-11-5-3-6-12(8-11)19(16,17)14-9-10-4-2-7-13(10)15/h3,5-6,8,10,13-15H,2,4,7,9H2,1H3. The Balaban J connectivity index is 2.05. The third kappa shape index (κ3) is 3.46. The second-order valence-corrected chi connectivity index (χ2v) is 6.56. The number of nitrogens with one attached hydrogen (secondary N) is 1. The van der Waals surface area contributed by atoms with E-state index in [4.69, 9.17) is 4.74 Å². The lowest BCUT2D eigenvalue weighted by atomic mass is 10.1. The molecular weight excluding hydrogens is 266 g/mol. The van der Waals surface area contributed by atoms with Crippen molar-refractivity contribution in [2.75, 3.05) is 13.7 Å². The molecule has 1 fully saturated rings. The molecule has 0 aliphatic heterocycles. The van der Waals surface area contributed by atoms with Crippen molar-refractivity contribution in [2.24, 2.45) is 5.92 Å². The first-order chi connectivity index (χ1) is 9.03. The molecule has 0 saturated heterocycles. The summed E-state index contributed by atoms with van der Waals surface area (Å²) in [5, 5.41) is 9.68. The van der Waals surface area contributed by atoms with Crippen LogP contribution in [-0.2, 0) is 10.0 Å². The molecule has 0 radical (unpaired) electrons. The Bertz CT molecular complexity index is 529. The molecule has 2 atom stereocenters. The van der Waals surface area contributed by atoms with Crippen molar-refractivity contribution < 1.29 is 18.3 Å². The van der Waals surface area contributed by atoms with Crippen molar-refractivity contribution in [1.29, 1.82) is 0 Å². The zero-order valence-corrected chi connectivity index (χ0v) is 11.7. The van der Waals surface area contributed by atoms with E-state index in [2.05, 4.69) is 4.72 Å². The van der Waals surface area contributed by atoms with Gasteiger partial charge in [0.2, 0.25) is 10.0 Å². The lowest BCUT2D eigenvalue weighted by Gasteiger charge is -2.15. The van der Waals surface area contributed by atoms with Gasteiger partial charge >= 0.3 is 0 Å². The fraction of sp³-hybridized carbons (Fsp3) is 0.538. The predicted octanol–water partition coefficient (Wildman–Crippen LogP) is 1.13. The van der Waals surface area contributed by atoms with E-state index < -0.39 is 16.1 Å². The average molecular weight is 285 g/mol. The third-order valence-electron chi connectivity index (χ3n) is 3.51. The van der Waals surface area contributed by atoms with Gasteiger partial charge in [-0.1, -0.05) is 12.5 Å². The second-order valence-electron chi connectivity index (χ2n) is 4.79. The molecule has 1 saturated carbocycles. The van der Waals surface area contributed by atoms with Crippen LogP contribution in [0.1, 0.15) is 19.3 Å². The van der Waals surface area contributed by atoms with Gasteiger partial charge in [-0.25, -0.2) is 13.1 Å². The molecule has 106 valence electrons. The van der Waals surface area contributed by atoms with E-state index >= 15 is 0 Å². The van der Waals surface area contributed by atoms with E-state index in [1.165, 1.54) is 19.2 Å². The number of hydrogen-bond acceptors (Lipinski definition) is 4. The lowest BCUT2D eigenvalue weighted by Crippen LogP contribution is -2.32. The largest absolute Gasteiger partial charge is 0.497 e. The summed E-state index contributed by atoms with van der Waals surface area (Å²) in [7, 11) is -2.05. The molecule has 1 aliphatic carbocycles. The van der Waals surface area contributed by atoms with Crippen LogP contribution in [0.2, 0.25) is 0 Å². The lowest BCUT2D eigenvalue weighted by molar-refractivity contribution is 0.134. The number of sulfonamides is 1. The van der Waals surface area contributed by atoms with E-state index in [9.17, 15) is 13.5 Å². The SMILES string of the molecule is COc1cccc(S(=O)(=O)NCC2CCCC2O)c1. The second kappa shape index (κ2) is 5.90.